The number of rotatable bonds is 25. The van der Waals surface area contributed by atoms with Gasteiger partial charge < -0.3 is 86.9 Å². The predicted molar refractivity (Wildman–Crippen MR) is 547 cm³/mol. The van der Waals surface area contributed by atoms with Crippen molar-refractivity contribution in [3.05, 3.63) is 254 Å². The number of anilines is 7. The number of phenolic OH excluding ortho intramolecular Hbond substituents is 2. The van der Waals surface area contributed by atoms with Crippen LogP contribution in [0.25, 0.3) is 32.3 Å². The van der Waals surface area contributed by atoms with Crippen molar-refractivity contribution < 1.29 is 44.0 Å². The Bertz CT molecular complexity index is 5640. The fourth-order valence-electron chi connectivity index (χ4n) is 17.1. The predicted octanol–water partition coefficient (Wildman–Crippen LogP) is 14.7. The van der Waals surface area contributed by atoms with Crippen LogP contribution in [-0.4, -0.2) is 231 Å². The van der Waals surface area contributed by atoms with E-state index < -0.39 is 0 Å². The van der Waals surface area contributed by atoms with E-state index in [1.807, 2.05) is 160 Å². The minimum Gasteiger partial charge on any atom is -0.508 e. The molecule has 10 heterocycles. The Morgan fingerprint density at radius 1 is 0.471 bits per heavy atom. The van der Waals surface area contributed by atoms with Crippen LogP contribution in [-0.2, 0) is 71.0 Å². The number of nitrogens with zero attached hydrogens (tertiary/aromatic N) is 18. The standard InChI is InChI=1S/C24H29N5O2.C22H26N4O2.C16H15N5.C15H18N4O.4C7H13NO/c1-28-9-4-5-16(13-28)15-31-24-26-21-14-29(10-8-20(21)23(25)27-24)22-12-18(30)11-17-6-2-3-7-19(17)22;1-3-6-14(2)28-22-24-19-13-26(10-9-18(19)21(23)25-22)20-12-16(27)11-15-7-4-5-8-17(15)20;17-16-13-5-6-21(9-14(13)19-10-20-16)15-8-18-7-11-3-1-2-4-12(11)15;16-15-12-6-7-19(8-13(12)17-10-18-15)14(9-20)11-4-2-1-3-5-11;4*1-4-7(9)8(5-2)6-3/h2-3,6-7,11-12,16,30H,4-5,8-10,13-15H2,1H3,(H2,25,26,27);4-5,7-8,11-12,14,27H,3,6,9-10,13H2,1-2H3,(H2,23,24,25);1-4,7-8,10H,5-6,9H2,(H2,17,19,20);1-5,10,14,20H,6-9H2,(H2,16,17,18);4*4H,1,5-6H2,2-3H3. The highest BCUT2D eigenvalue weighted by atomic mass is 16.5. The van der Waals surface area contributed by atoms with Gasteiger partial charge in [-0.2, -0.15) is 19.9 Å². The van der Waals surface area contributed by atoms with Crippen LogP contribution in [0.2, 0.25) is 0 Å². The van der Waals surface area contributed by atoms with Crippen molar-refractivity contribution in [2.24, 2.45) is 5.92 Å². The molecule has 1 saturated heterocycles. The van der Waals surface area contributed by atoms with Crippen LogP contribution in [0.5, 0.6) is 23.5 Å². The molecule has 31 heteroatoms. The number of piperidine rings is 1. The zero-order valence-corrected chi connectivity index (χ0v) is 81.3. The minimum atomic E-state index is 0.000500. The number of nitrogen functional groups attached to an aromatic ring is 4. The van der Waals surface area contributed by atoms with Crippen LogP contribution >= 0.6 is 0 Å². The molecule has 11 aromatic rings. The van der Waals surface area contributed by atoms with Gasteiger partial charge >= 0.3 is 12.0 Å². The fraction of sp³-hybridized carbons (Fsp3) is 0.400. The number of fused-ring (bicyclic) bond motifs is 7. The average Bonchev–Trinajstić information content (AvgIpc) is 0.779. The molecule has 16 rings (SSSR count). The quantitative estimate of drug-likeness (QED) is 0.0261. The average molecular weight is 1850 g/mol. The van der Waals surface area contributed by atoms with Gasteiger partial charge in [0, 0.05) is 171 Å². The van der Waals surface area contributed by atoms with Crippen LogP contribution in [0.4, 0.5) is 40.3 Å². The lowest BCUT2D eigenvalue weighted by atomic mass is 10.00. The van der Waals surface area contributed by atoms with Gasteiger partial charge in [0.25, 0.3) is 0 Å². The Morgan fingerprint density at radius 3 is 1.30 bits per heavy atom. The Balaban J connectivity index is 0.000000183. The highest BCUT2D eigenvalue weighted by Crippen LogP contribution is 2.39. The summed E-state index contributed by atoms with van der Waals surface area (Å²) in [5.74, 6) is 3.29. The molecule has 724 valence electrons. The van der Waals surface area contributed by atoms with Crippen molar-refractivity contribution in [1.29, 1.82) is 0 Å². The number of likely N-dealkylation sites (tertiary alicyclic amines) is 1. The lowest BCUT2D eigenvalue weighted by molar-refractivity contribution is -0.126. The summed E-state index contributed by atoms with van der Waals surface area (Å²) in [6.07, 6.45) is 19.9. The first-order valence-electron chi connectivity index (χ1n) is 47.3. The van der Waals surface area contributed by atoms with Gasteiger partial charge in [-0.1, -0.05) is 143 Å². The van der Waals surface area contributed by atoms with Crippen molar-refractivity contribution in [1.82, 2.24) is 74.3 Å². The van der Waals surface area contributed by atoms with Crippen molar-refractivity contribution in [2.45, 2.75) is 159 Å². The van der Waals surface area contributed by atoms with E-state index in [0.29, 0.717) is 67.5 Å². The summed E-state index contributed by atoms with van der Waals surface area (Å²) < 4.78 is 11.9. The highest BCUT2D eigenvalue weighted by Gasteiger charge is 2.30. The molecule has 6 aromatic carbocycles. The smallest absolute Gasteiger partial charge is 0.318 e. The SMILES string of the molecule is C=CC(=O)N(CC)CC.C=CC(=O)N(CC)CC.C=CC(=O)N(CC)CC.C=CC(=O)N(CC)CC.CCCC(C)Oc1nc(N)c2c(n1)CN(c1cc(O)cc3ccccc13)CC2.CN1CCCC(COc2nc(N)c3c(n2)CN(c2cc(O)cc4ccccc24)CC3)C1.Nc1ncnc2c1CCN(C(CO)c1ccccc1)C2.Nc1ncnc2c1CCN(c1cncc3ccccc13)C2. The van der Waals surface area contributed by atoms with E-state index in [0.717, 1.165) is 231 Å². The first-order chi connectivity index (χ1) is 65.8. The Kier molecular flexibility index (Phi) is 41.9. The molecule has 3 atom stereocenters. The molecule has 0 aliphatic carbocycles. The number of nitrogens with two attached hydrogens (primary N) is 4. The Hall–Kier alpha value is -13.9. The summed E-state index contributed by atoms with van der Waals surface area (Å²) in [6.45, 7) is 48.3. The zero-order chi connectivity index (χ0) is 98.3. The summed E-state index contributed by atoms with van der Waals surface area (Å²) in [4.78, 5) is 101. The van der Waals surface area contributed by atoms with Gasteiger partial charge in [-0.25, -0.2) is 19.9 Å². The van der Waals surface area contributed by atoms with Gasteiger partial charge in [-0.05, 0) is 174 Å². The molecule has 11 N–H and O–H groups in total. The third-order valence-electron chi connectivity index (χ3n) is 24.6. The van der Waals surface area contributed by atoms with Crippen LogP contribution in [0.1, 0.15) is 152 Å². The normalized spacial score (nSPS) is 14.4. The molecule has 0 saturated carbocycles. The fourth-order valence-corrected chi connectivity index (χ4v) is 17.1. The van der Waals surface area contributed by atoms with Crippen LogP contribution < -0.4 is 47.1 Å². The molecule has 5 aromatic heterocycles. The third-order valence-corrected chi connectivity index (χ3v) is 24.6. The molecule has 0 bridgehead atoms. The van der Waals surface area contributed by atoms with Crippen LogP contribution in [0.3, 0.4) is 0 Å². The van der Waals surface area contributed by atoms with Gasteiger partial charge in [0.15, 0.2) is 0 Å². The minimum absolute atomic E-state index is 0.000500. The Labute approximate surface area is 801 Å². The first-order valence-corrected chi connectivity index (χ1v) is 47.3. The zero-order valence-electron chi connectivity index (χ0n) is 81.3. The van der Waals surface area contributed by atoms with E-state index in [-0.39, 0.29) is 53.9 Å². The largest absolute Gasteiger partial charge is 0.508 e. The van der Waals surface area contributed by atoms with E-state index in [2.05, 4.69) is 135 Å². The van der Waals surface area contributed by atoms with Gasteiger partial charge in [0.1, 0.15) is 47.4 Å². The molecule has 136 heavy (non-hydrogen) atoms. The van der Waals surface area contributed by atoms with Crippen molar-refractivity contribution in [2.75, 3.05) is 150 Å². The number of amides is 4. The second kappa shape index (κ2) is 53.8. The summed E-state index contributed by atoms with van der Waals surface area (Å²) in [7, 11) is 2.15. The maximum Gasteiger partial charge on any atom is 0.318 e. The Morgan fingerprint density at radius 2 is 0.868 bits per heavy atom. The summed E-state index contributed by atoms with van der Waals surface area (Å²) >= 11 is 0. The molecular formula is C105H140N22O9. The number of aromatic nitrogens is 9. The monoisotopic (exact) mass is 1850 g/mol. The maximum atomic E-state index is 10.8. The molecule has 3 unspecified atom stereocenters. The van der Waals surface area contributed by atoms with E-state index >= 15 is 0 Å². The van der Waals surface area contributed by atoms with E-state index in [1.165, 1.54) is 48.9 Å². The van der Waals surface area contributed by atoms with E-state index in [9.17, 15) is 34.5 Å². The number of aliphatic hydroxyl groups is 1. The van der Waals surface area contributed by atoms with Gasteiger partial charge in [0.05, 0.1) is 79.7 Å². The van der Waals surface area contributed by atoms with Crippen molar-refractivity contribution in [3.8, 4) is 23.5 Å². The number of aromatic hydroxyl groups is 2. The number of aliphatic hydroxyl groups excluding tert-OH is 1. The summed E-state index contributed by atoms with van der Waals surface area (Å²) in [5, 5.41) is 36.8. The van der Waals surface area contributed by atoms with E-state index in [1.54, 1.807) is 38.1 Å². The number of benzene rings is 6. The number of carbonyl (C=O) groups is 4. The molecule has 31 nitrogen and oxygen atoms in total. The number of ether oxygens (including phenoxy) is 2. The molecule has 5 aliphatic heterocycles. The second-order valence-electron chi connectivity index (χ2n) is 33.3. The van der Waals surface area contributed by atoms with Crippen LogP contribution in [0, 0.1) is 5.92 Å². The topological polar surface area (TPSA) is 397 Å². The number of phenols is 2. The molecular weight excluding hydrogens is 1710 g/mol. The van der Waals surface area contributed by atoms with Gasteiger partial charge in [-0.15, -0.1) is 0 Å². The number of hydrogen-bond acceptors (Lipinski definition) is 27. The lowest BCUT2D eigenvalue weighted by Crippen LogP contribution is -2.36. The number of carbonyl (C=O) groups excluding carboxylic acids is 4. The first kappa shape index (κ1) is 106. The molecule has 0 radical (unpaired) electrons. The van der Waals surface area contributed by atoms with Crippen molar-refractivity contribution in [3.63, 3.8) is 0 Å². The summed E-state index contributed by atoms with van der Waals surface area (Å²) in [6, 6.07) is 42.5. The lowest BCUT2D eigenvalue weighted by Gasteiger charge is -2.34. The van der Waals surface area contributed by atoms with E-state index in [4.69, 9.17) is 37.4 Å². The van der Waals surface area contributed by atoms with Crippen LogP contribution in [0.15, 0.2) is 203 Å². The van der Waals surface area contributed by atoms with Crippen molar-refractivity contribution >= 4 is 96.3 Å². The number of likely N-dealkylation sites (N-methyl/N-ethyl adjacent to an activating group) is 4. The maximum absolute atomic E-state index is 10.8. The highest BCUT2D eigenvalue weighted by molar-refractivity contribution is 5.98. The van der Waals surface area contributed by atoms with Gasteiger partial charge in [0.2, 0.25) is 23.6 Å². The molecule has 4 amide bonds. The number of hydrogen-bond donors (Lipinski definition) is 7. The molecule has 0 spiro atoms. The molecule has 5 aliphatic rings. The second-order valence-corrected chi connectivity index (χ2v) is 33.3. The number of pyridine rings is 1. The summed E-state index contributed by atoms with van der Waals surface area (Å²) in [5.41, 5.74) is 36.5. The third kappa shape index (κ3) is 29.3. The van der Waals surface area contributed by atoms with Gasteiger partial charge in [-0.3, -0.25) is 29.1 Å². The molecule has 1 fully saturated rings.